The van der Waals surface area contributed by atoms with E-state index in [4.69, 9.17) is 0 Å². The van der Waals surface area contributed by atoms with Crippen LogP contribution < -0.4 is 9.80 Å². The Morgan fingerprint density at radius 2 is 0.895 bits per heavy atom. The van der Waals surface area contributed by atoms with Crippen molar-refractivity contribution in [2.24, 2.45) is 0 Å². The van der Waals surface area contributed by atoms with Crippen LogP contribution in [0, 0.1) is 0 Å². The molecule has 8 aromatic carbocycles. The molecule has 10 rings (SSSR count). The van der Waals surface area contributed by atoms with Gasteiger partial charge in [0.25, 0.3) is 0 Å². The SMILES string of the molecule is C=C1/C=C\C=C/N(c2ccc(-c3ccc(-n4c5ccccc5c5ccccc54)cc3)cc2)c2cc(N(c3ccccc3)c3ccc(-c4ccccc4)cc3)ccc21. The number of nitrogens with zero attached hydrogens (tertiary/aromatic N) is 3. The van der Waals surface area contributed by atoms with E-state index in [9.17, 15) is 0 Å². The molecule has 0 saturated heterocycles. The minimum absolute atomic E-state index is 0.962. The van der Waals surface area contributed by atoms with Gasteiger partial charge >= 0.3 is 0 Å². The molecule has 0 aliphatic carbocycles. The zero-order valence-electron chi connectivity index (χ0n) is 31.4. The van der Waals surface area contributed by atoms with E-state index >= 15 is 0 Å². The van der Waals surface area contributed by atoms with Gasteiger partial charge in [-0.05, 0) is 107 Å². The van der Waals surface area contributed by atoms with Gasteiger partial charge in [0.2, 0.25) is 0 Å². The van der Waals surface area contributed by atoms with Crippen LogP contribution in [-0.2, 0) is 0 Å². The summed E-state index contributed by atoms with van der Waals surface area (Å²) < 4.78 is 2.36. The van der Waals surface area contributed by atoms with Crippen LogP contribution in [0.3, 0.4) is 0 Å². The molecule has 3 nitrogen and oxygen atoms in total. The fourth-order valence-electron chi connectivity index (χ4n) is 8.11. The van der Waals surface area contributed by atoms with E-state index in [1.165, 1.54) is 38.5 Å². The first-order valence-electron chi connectivity index (χ1n) is 19.4. The first kappa shape index (κ1) is 33.9. The van der Waals surface area contributed by atoms with Crippen LogP contribution in [0.2, 0.25) is 0 Å². The lowest BCUT2D eigenvalue weighted by atomic mass is 10.00. The molecule has 1 aromatic heterocycles. The van der Waals surface area contributed by atoms with E-state index in [2.05, 4.69) is 246 Å². The highest BCUT2D eigenvalue weighted by Gasteiger charge is 2.20. The molecule has 0 unspecified atom stereocenters. The lowest BCUT2D eigenvalue weighted by Crippen LogP contribution is -2.14. The Kier molecular flexibility index (Phi) is 8.66. The molecule has 0 saturated carbocycles. The molecule has 9 aromatic rings. The molecule has 0 radical (unpaired) electrons. The van der Waals surface area contributed by atoms with Crippen molar-refractivity contribution in [3.8, 4) is 27.9 Å². The van der Waals surface area contributed by atoms with Gasteiger partial charge in [-0.15, -0.1) is 0 Å². The van der Waals surface area contributed by atoms with Crippen LogP contribution >= 0.6 is 0 Å². The number of rotatable bonds is 7. The smallest absolute Gasteiger partial charge is 0.0554 e. The zero-order chi connectivity index (χ0) is 38.1. The molecule has 0 bridgehead atoms. The van der Waals surface area contributed by atoms with Crippen molar-refractivity contribution in [3.63, 3.8) is 0 Å². The quantitative estimate of drug-likeness (QED) is 0.162. The molecule has 0 atom stereocenters. The molecule has 2 heterocycles. The maximum atomic E-state index is 4.46. The molecular formula is C54H39N3. The number of benzene rings is 8. The third-order valence-corrected chi connectivity index (χ3v) is 10.9. The van der Waals surface area contributed by atoms with Crippen LogP contribution in [0.5, 0.6) is 0 Å². The van der Waals surface area contributed by atoms with Gasteiger partial charge in [0.15, 0.2) is 0 Å². The van der Waals surface area contributed by atoms with Gasteiger partial charge in [-0.25, -0.2) is 0 Å². The first-order valence-corrected chi connectivity index (χ1v) is 19.4. The van der Waals surface area contributed by atoms with Gasteiger partial charge in [0, 0.05) is 51.0 Å². The molecule has 0 fully saturated rings. The molecule has 57 heavy (non-hydrogen) atoms. The summed E-state index contributed by atoms with van der Waals surface area (Å²) in [7, 11) is 0. The van der Waals surface area contributed by atoms with Crippen molar-refractivity contribution < 1.29 is 0 Å². The molecule has 1 aliphatic heterocycles. The van der Waals surface area contributed by atoms with Crippen molar-refractivity contribution in [2.45, 2.75) is 0 Å². The molecule has 270 valence electrons. The number of aromatic nitrogens is 1. The maximum Gasteiger partial charge on any atom is 0.0554 e. The van der Waals surface area contributed by atoms with Gasteiger partial charge in [0.05, 0.1) is 16.7 Å². The van der Waals surface area contributed by atoms with E-state index in [1.54, 1.807) is 0 Å². The number of allylic oxidation sites excluding steroid dienone is 4. The topological polar surface area (TPSA) is 11.4 Å². The summed E-state index contributed by atoms with van der Waals surface area (Å²) in [5, 5.41) is 2.54. The van der Waals surface area contributed by atoms with Crippen LogP contribution in [0.15, 0.2) is 231 Å². The third kappa shape index (κ3) is 6.31. The second-order valence-electron chi connectivity index (χ2n) is 14.3. The van der Waals surface area contributed by atoms with Crippen molar-refractivity contribution in [1.29, 1.82) is 0 Å². The largest absolute Gasteiger partial charge is 0.316 e. The third-order valence-electron chi connectivity index (χ3n) is 10.9. The Labute approximate surface area is 333 Å². The average Bonchev–Trinajstić information content (AvgIpc) is 3.61. The van der Waals surface area contributed by atoms with E-state index in [-0.39, 0.29) is 0 Å². The van der Waals surface area contributed by atoms with Crippen molar-refractivity contribution >= 4 is 55.8 Å². The molecule has 1 aliphatic rings. The average molecular weight is 730 g/mol. The van der Waals surface area contributed by atoms with Gasteiger partial charge in [-0.1, -0.05) is 146 Å². The summed E-state index contributed by atoms with van der Waals surface area (Å²) in [6, 6.07) is 71.7. The highest BCUT2D eigenvalue weighted by molar-refractivity contribution is 6.09. The fourth-order valence-corrected chi connectivity index (χ4v) is 8.11. The zero-order valence-corrected chi connectivity index (χ0v) is 31.4. The van der Waals surface area contributed by atoms with Crippen molar-refractivity contribution in [1.82, 2.24) is 4.57 Å². The number of hydrogen-bond donors (Lipinski definition) is 0. The van der Waals surface area contributed by atoms with E-state index in [0.717, 1.165) is 50.8 Å². The Morgan fingerprint density at radius 3 is 1.53 bits per heavy atom. The Hall–Kier alpha value is -7.62. The predicted molar refractivity (Wildman–Crippen MR) is 242 cm³/mol. The van der Waals surface area contributed by atoms with Crippen molar-refractivity contribution in [2.75, 3.05) is 9.80 Å². The minimum Gasteiger partial charge on any atom is -0.316 e. The van der Waals surface area contributed by atoms with Crippen LogP contribution in [0.4, 0.5) is 28.4 Å². The second kappa shape index (κ2) is 14.6. The van der Waals surface area contributed by atoms with Gasteiger partial charge in [-0.2, -0.15) is 0 Å². The molecule has 0 spiro atoms. The Balaban J connectivity index is 0.998. The van der Waals surface area contributed by atoms with Gasteiger partial charge < -0.3 is 14.4 Å². The summed E-state index contributed by atoms with van der Waals surface area (Å²) in [4.78, 5) is 4.59. The standard InChI is InChI=1S/C54H39N3/c1-39-14-12-13-37-55(44-29-23-42(24-30-44)43-27-33-47(34-28-43)57-52-21-10-8-19-50(52)51-20-9-11-22-53(51)57)54-38-48(35-36-49(39)54)56(45-17-6-3-7-18-45)46-31-25-41(26-32-46)40-15-4-2-5-16-40/h2-38H,1H2/b14-12-,37-13-. The molecule has 0 N–H and O–H groups in total. The summed E-state index contributed by atoms with van der Waals surface area (Å²) in [6.45, 7) is 4.46. The predicted octanol–water partition coefficient (Wildman–Crippen LogP) is 14.8. The molecular weight excluding hydrogens is 691 g/mol. The Morgan fingerprint density at radius 1 is 0.404 bits per heavy atom. The normalized spacial score (nSPS) is 13.5. The lowest BCUT2D eigenvalue weighted by Gasteiger charge is -2.30. The molecule has 3 heteroatoms. The van der Waals surface area contributed by atoms with Crippen molar-refractivity contribution in [3.05, 3.63) is 237 Å². The minimum atomic E-state index is 0.962. The monoisotopic (exact) mass is 729 g/mol. The number of fused-ring (bicyclic) bond motifs is 4. The van der Waals surface area contributed by atoms with E-state index < -0.39 is 0 Å². The van der Waals surface area contributed by atoms with Crippen LogP contribution in [0.25, 0.3) is 55.3 Å². The van der Waals surface area contributed by atoms with Crippen LogP contribution in [-0.4, -0.2) is 4.57 Å². The maximum absolute atomic E-state index is 4.46. The van der Waals surface area contributed by atoms with Gasteiger partial charge in [0.1, 0.15) is 0 Å². The summed E-state index contributed by atoms with van der Waals surface area (Å²) in [5.74, 6) is 0. The number of anilines is 5. The van der Waals surface area contributed by atoms with Gasteiger partial charge in [-0.3, -0.25) is 0 Å². The summed E-state index contributed by atoms with van der Waals surface area (Å²) in [5.41, 5.74) is 15.7. The first-order chi connectivity index (χ1) is 28.2. The molecule has 0 amide bonds. The second-order valence-corrected chi connectivity index (χ2v) is 14.3. The Bertz CT molecular complexity index is 2880. The lowest BCUT2D eigenvalue weighted by molar-refractivity contribution is 1.18. The van der Waals surface area contributed by atoms with E-state index in [0.29, 0.717) is 0 Å². The number of para-hydroxylation sites is 3. The summed E-state index contributed by atoms with van der Waals surface area (Å²) in [6.07, 6.45) is 8.36. The summed E-state index contributed by atoms with van der Waals surface area (Å²) >= 11 is 0. The van der Waals surface area contributed by atoms with E-state index in [1.807, 2.05) is 0 Å². The highest BCUT2D eigenvalue weighted by Crippen LogP contribution is 2.42. The number of hydrogen-bond acceptors (Lipinski definition) is 2. The highest BCUT2D eigenvalue weighted by atomic mass is 15.2. The fraction of sp³-hybridized carbons (Fsp3) is 0. The van der Waals surface area contributed by atoms with Crippen LogP contribution in [0.1, 0.15) is 5.56 Å².